The van der Waals surface area contributed by atoms with Gasteiger partial charge in [0.2, 0.25) is 5.91 Å². The Bertz CT molecular complexity index is 982. The molecule has 0 aliphatic carbocycles. The Labute approximate surface area is 164 Å². The second kappa shape index (κ2) is 7.35. The van der Waals surface area contributed by atoms with Crippen LogP contribution in [-0.4, -0.2) is 17.9 Å². The van der Waals surface area contributed by atoms with E-state index in [0.717, 1.165) is 16.9 Å². The van der Waals surface area contributed by atoms with Crippen LogP contribution in [0, 0.1) is 0 Å². The van der Waals surface area contributed by atoms with Crippen LogP contribution in [0.1, 0.15) is 42.4 Å². The van der Waals surface area contributed by atoms with E-state index < -0.39 is 0 Å². The van der Waals surface area contributed by atoms with Crippen LogP contribution in [-0.2, 0) is 4.79 Å². The summed E-state index contributed by atoms with van der Waals surface area (Å²) in [6.07, 6.45) is 2.14. The highest BCUT2D eigenvalue weighted by atomic mass is 16.3. The minimum atomic E-state index is -0.207. The maximum absolute atomic E-state index is 13.4. The summed E-state index contributed by atoms with van der Waals surface area (Å²) in [4.78, 5) is 29.3. The summed E-state index contributed by atoms with van der Waals surface area (Å²) >= 11 is 0. The Balaban J connectivity index is 1.85. The van der Waals surface area contributed by atoms with Crippen molar-refractivity contribution in [1.82, 2.24) is 0 Å². The van der Waals surface area contributed by atoms with Gasteiger partial charge in [-0.15, -0.1) is 0 Å². The highest BCUT2D eigenvalue weighted by Crippen LogP contribution is 2.42. The Hall–Kier alpha value is -3.34. The van der Waals surface area contributed by atoms with Crippen molar-refractivity contribution in [3.05, 3.63) is 84.3 Å². The molecule has 4 rings (SSSR count). The van der Waals surface area contributed by atoms with Gasteiger partial charge in [0.05, 0.1) is 12.3 Å². The first-order valence-electron chi connectivity index (χ1n) is 9.38. The van der Waals surface area contributed by atoms with E-state index in [1.54, 1.807) is 24.0 Å². The van der Waals surface area contributed by atoms with Gasteiger partial charge in [0, 0.05) is 24.3 Å². The maximum atomic E-state index is 13.4. The highest BCUT2D eigenvalue weighted by Gasteiger charge is 2.38. The number of furan rings is 1. The Morgan fingerprint density at radius 3 is 2.39 bits per heavy atom. The molecule has 2 heterocycles. The molecule has 5 nitrogen and oxygen atoms in total. The number of para-hydroxylation sites is 2. The number of carbonyl (C=O) groups excluding carboxylic acids is 2. The second-order valence-electron chi connectivity index (χ2n) is 7.04. The van der Waals surface area contributed by atoms with Crippen LogP contribution in [0.25, 0.3) is 0 Å². The van der Waals surface area contributed by atoms with Crippen molar-refractivity contribution in [2.24, 2.45) is 0 Å². The topological polar surface area (TPSA) is 53.8 Å². The molecule has 0 spiro atoms. The molecule has 0 saturated heterocycles. The standard InChI is InChI=1S/C23H22N2O3/c1-16-15-21(19-11-6-7-12-20(19)24(16)17(2)26)25(18-9-4-3-5-10-18)23(27)22-13-8-14-28-22/h3-14,16,21H,15H2,1-2H3/t16-,21+/m1/s1. The third-order valence-electron chi connectivity index (χ3n) is 5.20. The molecule has 0 saturated carbocycles. The zero-order valence-electron chi connectivity index (χ0n) is 15.9. The number of amides is 2. The molecule has 0 unspecified atom stereocenters. The highest BCUT2D eigenvalue weighted by molar-refractivity contribution is 6.05. The lowest BCUT2D eigenvalue weighted by molar-refractivity contribution is -0.117. The molecule has 0 fully saturated rings. The minimum Gasteiger partial charge on any atom is -0.459 e. The molecule has 1 aliphatic rings. The Morgan fingerprint density at radius 1 is 1.00 bits per heavy atom. The molecule has 0 N–H and O–H groups in total. The van der Waals surface area contributed by atoms with Gasteiger partial charge in [-0.25, -0.2) is 0 Å². The number of nitrogens with zero attached hydrogens (tertiary/aromatic N) is 2. The third-order valence-corrected chi connectivity index (χ3v) is 5.20. The number of anilines is 2. The maximum Gasteiger partial charge on any atom is 0.294 e. The van der Waals surface area contributed by atoms with E-state index in [0.29, 0.717) is 12.2 Å². The van der Waals surface area contributed by atoms with Gasteiger partial charge in [0.1, 0.15) is 0 Å². The van der Waals surface area contributed by atoms with Crippen LogP contribution in [0.3, 0.4) is 0 Å². The molecule has 1 aliphatic heterocycles. The number of rotatable bonds is 3. The van der Waals surface area contributed by atoms with Crippen molar-refractivity contribution in [1.29, 1.82) is 0 Å². The summed E-state index contributed by atoms with van der Waals surface area (Å²) in [6.45, 7) is 3.60. The summed E-state index contributed by atoms with van der Waals surface area (Å²) in [5.74, 6) is 0.101. The van der Waals surface area contributed by atoms with Gasteiger partial charge in [-0.05, 0) is 49.2 Å². The van der Waals surface area contributed by atoms with Crippen molar-refractivity contribution in [2.75, 3.05) is 9.80 Å². The Kier molecular flexibility index (Phi) is 4.74. The van der Waals surface area contributed by atoms with Gasteiger partial charge in [-0.3, -0.25) is 14.5 Å². The van der Waals surface area contributed by atoms with Crippen molar-refractivity contribution in [2.45, 2.75) is 32.4 Å². The summed E-state index contributed by atoms with van der Waals surface area (Å²) in [7, 11) is 0. The molecule has 0 radical (unpaired) electrons. The normalized spacial score (nSPS) is 18.4. The quantitative estimate of drug-likeness (QED) is 0.661. The molecule has 0 bridgehead atoms. The van der Waals surface area contributed by atoms with Crippen molar-refractivity contribution < 1.29 is 14.0 Å². The van der Waals surface area contributed by atoms with Crippen LogP contribution in [0.2, 0.25) is 0 Å². The molecule has 2 atom stereocenters. The molecule has 3 aromatic rings. The molecule has 2 amide bonds. The zero-order valence-corrected chi connectivity index (χ0v) is 15.9. The monoisotopic (exact) mass is 374 g/mol. The predicted octanol–water partition coefficient (Wildman–Crippen LogP) is 4.81. The zero-order chi connectivity index (χ0) is 19.7. The lowest BCUT2D eigenvalue weighted by atomic mass is 9.89. The third kappa shape index (κ3) is 3.09. The van der Waals surface area contributed by atoms with Crippen molar-refractivity contribution >= 4 is 23.2 Å². The van der Waals surface area contributed by atoms with Crippen molar-refractivity contribution in [3.8, 4) is 0 Å². The lowest BCUT2D eigenvalue weighted by Crippen LogP contribution is -2.47. The van der Waals surface area contributed by atoms with E-state index in [2.05, 4.69) is 0 Å². The second-order valence-corrected chi connectivity index (χ2v) is 7.04. The molecular formula is C23H22N2O3. The van der Waals surface area contributed by atoms with E-state index in [1.165, 1.54) is 6.26 Å². The Morgan fingerprint density at radius 2 is 1.71 bits per heavy atom. The fraction of sp³-hybridized carbons (Fsp3) is 0.217. The lowest BCUT2D eigenvalue weighted by Gasteiger charge is -2.43. The molecular weight excluding hydrogens is 352 g/mol. The van der Waals surface area contributed by atoms with Gasteiger partial charge in [-0.2, -0.15) is 0 Å². The largest absolute Gasteiger partial charge is 0.459 e. The number of hydrogen-bond donors (Lipinski definition) is 0. The number of hydrogen-bond acceptors (Lipinski definition) is 3. The summed E-state index contributed by atoms with van der Waals surface area (Å²) in [6, 6.07) is 20.6. The van der Waals surface area contributed by atoms with Crippen LogP contribution >= 0.6 is 0 Å². The first-order valence-corrected chi connectivity index (χ1v) is 9.38. The number of carbonyl (C=O) groups is 2. The van der Waals surface area contributed by atoms with Gasteiger partial charge in [0.25, 0.3) is 5.91 Å². The summed E-state index contributed by atoms with van der Waals surface area (Å²) in [5.41, 5.74) is 2.61. The van der Waals surface area contributed by atoms with E-state index in [9.17, 15) is 9.59 Å². The molecule has 142 valence electrons. The average Bonchev–Trinajstić information content (AvgIpc) is 3.23. The molecule has 5 heteroatoms. The number of benzene rings is 2. The number of fused-ring (bicyclic) bond motifs is 1. The van der Waals surface area contributed by atoms with Crippen LogP contribution in [0.15, 0.2) is 77.4 Å². The first kappa shape index (κ1) is 18.0. The first-order chi connectivity index (χ1) is 13.6. The van der Waals surface area contributed by atoms with Gasteiger partial charge >= 0.3 is 0 Å². The van der Waals surface area contributed by atoms with Gasteiger partial charge in [0.15, 0.2) is 5.76 Å². The van der Waals surface area contributed by atoms with Gasteiger partial charge < -0.3 is 9.32 Å². The molecule has 28 heavy (non-hydrogen) atoms. The van der Waals surface area contributed by atoms with E-state index >= 15 is 0 Å². The van der Waals surface area contributed by atoms with Gasteiger partial charge in [-0.1, -0.05) is 36.4 Å². The van der Waals surface area contributed by atoms with Crippen LogP contribution in [0.4, 0.5) is 11.4 Å². The van der Waals surface area contributed by atoms with E-state index in [1.807, 2.05) is 66.4 Å². The predicted molar refractivity (Wildman–Crippen MR) is 108 cm³/mol. The smallest absolute Gasteiger partial charge is 0.294 e. The minimum absolute atomic E-state index is 0.00187. The fourth-order valence-corrected chi connectivity index (χ4v) is 4.05. The average molecular weight is 374 g/mol. The fourth-order valence-electron chi connectivity index (χ4n) is 4.05. The molecule has 1 aromatic heterocycles. The summed E-state index contributed by atoms with van der Waals surface area (Å²) < 4.78 is 5.41. The molecule has 2 aromatic carbocycles. The van der Waals surface area contributed by atoms with E-state index in [4.69, 9.17) is 4.42 Å². The van der Waals surface area contributed by atoms with E-state index in [-0.39, 0.29) is 23.9 Å². The van der Waals surface area contributed by atoms with Crippen molar-refractivity contribution in [3.63, 3.8) is 0 Å². The SMILES string of the molecule is CC(=O)N1c2ccccc2[C@@H](N(C(=O)c2ccco2)c2ccccc2)C[C@H]1C. The van der Waals surface area contributed by atoms with Crippen LogP contribution in [0.5, 0.6) is 0 Å². The van der Waals surface area contributed by atoms with Crippen LogP contribution < -0.4 is 9.80 Å². The summed E-state index contributed by atoms with van der Waals surface area (Å²) in [5, 5.41) is 0.